The van der Waals surface area contributed by atoms with Gasteiger partial charge in [-0.3, -0.25) is 4.79 Å². The first-order valence-corrected chi connectivity index (χ1v) is 6.48. The lowest BCUT2D eigenvalue weighted by atomic mass is 9.99. The number of carbonyl (C=O) groups is 1. The van der Waals surface area contributed by atoms with Crippen molar-refractivity contribution in [1.82, 2.24) is 5.32 Å². The lowest BCUT2D eigenvalue weighted by Crippen LogP contribution is -2.33. The second-order valence-corrected chi connectivity index (χ2v) is 4.60. The van der Waals surface area contributed by atoms with Crippen molar-refractivity contribution in [2.75, 3.05) is 19.7 Å². The van der Waals surface area contributed by atoms with Crippen molar-refractivity contribution >= 4 is 5.91 Å². The van der Waals surface area contributed by atoms with Gasteiger partial charge in [-0.15, -0.1) is 0 Å². The highest BCUT2D eigenvalue weighted by Gasteiger charge is 2.11. The molecule has 1 atom stereocenters. The first kappa shape index (κ1) is 14.2. The fourth-order valence-corrected chi connectivity index (χ4v) is 1.99. The Bertz CT molecular complexity index is 264. The van der Waals surface area contributed by atoms with E-state index in [2.05, 4.69) is 18.3 Å². The van der Waals surface area contributed by atoms with Crippen molar-refractivity contribution in [2.45, 2.75) is 45.1 Å². The zero-order valence-corrected chi connectivity index (χ0v) is 10.7. The predicted molar refractivity (Wildman–Crippen MR) is 68.6 cm³/mol. The highest BCUT2D eigenvalue weighted by molar-refractivity contribution is 5.77. The molecule has 1 rings (SSSR count). The molecule has 0 fully saturated rings. The van der Waals surface area contributed by atoms with Gasteiger partial charge in [0.1, 0.15) is 6.61 Å². The van der Waals surface area contributed by atoms with Gasteiger partial charge < -0.3 is 15.8 Å². The summed E-state index contributed by atoms with van der Waals surface area (Å²) in [4.78, 5) is 11.4. The number of hydrogen-bond donors (Lipinski definition) is 2. The van der Waals surface area contributed by atoms with Crippen LogP contribution in [-0.2, 0) is 9.53 Å². The molecule has 0 bridgehead atoms. The second-order valence-electron chi connectivity index (χ2n) is 4.60. The van der Waals surface area contributed by atoms with Gasteiger partial charge in [-0.1, -0.05) is 24.5 Å². The Morgan fingerprint density at radius 3 is 3.12 bits per heavy atom. The average Bonchev–Trinajstić information content (AvgIpc) is 2.29. The van der Waals surface area contributed by atoms with Crippen LogP contribution in [0.5, 0.6) is 0 Å². The topological polar surface area (TPSA) is 64.3 Å². The average molecular weight is 240 g/mol. The highest BCUT2D eigenvalue weighted by Crippen LogP contribution is 2.18. The Labute approximate surface area is 104 Å². The quantitative estimate of drug-likeness (QED) is 0.713. The molecular formula is C13H24N2O2. The lowest BCUT2D eigenvalue weighted by molar-refractivity contribution is -0.126. The van der Waals surface area contributed by atoms with E-state index in [9.17, 15) is 4.79 Å². The molecule has 0 spiro atoms. The van der Waals surface area contributed by atoms with E-state index in [0.29, 0.717) is 13.1 Å². The number of hydrogen-bond acceptors (Lipinski definition) is 3. The molecule has 0 heterocycles. The monoisotopic (exact) mass is 240 g/mol. The molecule has 0 aromatic heterocycles. The van der Waals surface area contributed by atoms with Crippen molar-refractivity contribution in [3.8, 4) is 0 Å². The van der Waals surface area contributed by atoms with Crippen molar-refractivity contribution in [2.24, 2.45) is 5.73 Å². The maximum Gasteiger partial charge on any atom is 0.246 e. The Morgan fingerprint density at radius 2 is 2.35 bits per heavy atom. The van der Waals surface area contributed by atoms with Crippen LogP contribution >= 0.6 is 0 Å². The maximum absolute atomic E-state index is 11.4. The standard InChI is InChI=1S/C13H24N2O2/c1-11-5-3-2-4-6-12(9-11)17-10-13(16)15-8-7-14/h9,12H,2-8,10,14H2,1H3,(H,15,16)/b11-9-. The summed E-state index contributed by atoms with van der Waals surface area (Å²) in [6.45, 7) is 3.25. The Morgan fingerprint density at radius 1 is 1.53 bits per heavy atom. The van der Waals surface area contributed by atoms with Crippen LogP contribution in [0.15, 0.2) is 11.6 Å². The van der Waals surface area contributed by atoms with Gasteiger partial charge in [-0.2, -0.15) is 0 Å². The summed E-state index contributed by atoms with van der Waals surface area (Å²) in [5, 5.41) is 2.70. The van der Waals surface area contributed by atoms with Gasteiger partial charge in [0.2, 0.25) is 5.91 Å². The van der Waals surface area contributed by atoms with E-state index in [4.69, 9.17) is 10.5 Å². The summed E-state index contributed by atoms with van der Waals surface area (Å²) in [6, 6.07) is 0. The van der Waals surface area contributed by atoms with Crippen LogP contribution in [0.2, 0.25) is 0 Å². The van der Waals surface area contributed by atoms with Crippen LogP contribution in [0.4, 0.5) is 0 Å². The van der Waals surface area contributed by atoms with Crippen LogP contribution in [0.3, 0.4) is 0 Å². The first-order valence-electron chi connectivity index (χ1n) is 6.48. The van der Waals surface area contributed by atoms with E-state index < -0.39 is 0 Å². The largest absolute Gasteiger partial charge is 0.364 e. The van der Waals surface area contributed by atoms with E-state index in [1.165, 1.54) is 24.8 Å². The Kier molecular flexibility index (Phi) is 6.89. The molecule has 17 heavy (non-hydrogen) atoms. The molecule has 0 radical (unpaired) electrons. The van der Waals surface area contributed by atoms with E-state index in [-0.39, 0.29) is 18.6 Å². The summed E-state index contributed by atoms with van der Waals surface area (Å²) < 4.78 is 5.62. The van der Waals surface area contributed by atoms with Crippen LogP contribution in [0.1, 0.15) is 39.0 Å². The van der Waals surface area contributed by atoms with Gasteiger partial charge in [-0.25, -0.2) is 0 Å². The molecule has 0 aromatic rings. The molecule has 0 aromatic carbocycles. The SMILES string of the molecule is C/C1=C/C(OCC(=O)NCCN)CCCCC1. The summed E-state index contributed by atoms with van der Waals surface area (Å²) >= 11 is 0. The van der Waals surface area contributed by atoms with E-state index in [1.54, 1.807) is 0 Å². The third kappa shape index (κ3) is 6.44. The van der Waals surface area contributed by atoms with Crippen LogP contribution in [-0.4, -0.2) is 31.7 Å². The molecule has 1 aliphatic carbocycles. The zero-order chi connectivity index (χ0) is 12.5. The molecular weight excluding hydrogens is 216 g/mol. The minimum Gasteiger partial charge on any atom is -0.364 e. The minimum atomic E-state index is -0.0800. The van der Waals surface area contributed by atoms with Crippen molar-refractivity contribution < 1.29 is 9.53 Å². The number of nitrogens with one attached hydrogen (secondary N) is 1. The third-order valence-electron chi connectivity index (χ3n) is 2.93. The molecule has 4 heteroatoms. The molecule has 1 unspecified atom stereocenters. The van der Waals surface area contributed by atoms with Gasteiger partial charge >= 0.3 is 0 Å². The van der Waals surface area contributed by atoms with E-state index >= 15 is 0 Å². The number of amides is 1. The molecule has 3 N–H and O–H groups in total. The second kappa shape index (κ2) is 8.25. The van der Waals surface area contributed by atoms with Crippen molar-refractivity contribution in [3.63, 3.8) is 0 Å². The van der Waals surface area contributed by atoms with Crippen LogP contribution < -0.4 is 11.1 Å². The Hall–Kier alpha value is -0.870. The summed E-state index contributed by atoms with van der Waals surface area (Å²) in [7, 11) is 0. The molecule has 1 amide bonds. The van der Waals surface area contributed by atoms with E-state index in [0.717, 1.165) is 12.8 Å². The lowest BCUT2D eigenvalue weighted by Gasteiger charge is -2.18. The van der Waals surface area contributed by atoms with Gasteiger partial charge in [0.25, 0.3) is 0 Å². The predicted octanol–water partition coefficient (Wildman–Crippen LogP) is 1.36. The smallest absolute Gasteiger partial charge is 0.246 e. The van der Waals surface area contributed by atoms with Crippen LogP contribution in [0, 0.1) is 0 Å². The van der Waals surface area contributed by atoms with Gasteiger partial charge in [0, 0.05) is 13.1 Å². The normalized spacial score (nSPS) is 24.4. The maximum atomic E-state index is 11.4. The number of rotatable bonds is 5. The fraction of sp³-hybridized carbons (Fsp3) is 0.769. The van der Waals surface area contributed by atoms with Crippen molar-refractivity contribution in [3.05, 3.63) is 11.6 Å². The highest BCUT2D eigenvalue weighted by atomic mass is 16.5. The molecule has 0 aliphatic heterocycles. The summed E-state index contributed by atoms with van der Waals surface area (Å²) in [5.74, 6) is -0.0800. The third-order valence-corrected chi connectivity index (χ3v) is 2.93. The van der Waals surface area contributed by atoms with Gasteiger partial charge in [-0.05, 0) is 26.2 Å². The first-order chi connectivity index (χ1) is 8.22. The van der Waals surface area contributed by atoms with Gasteiger partial charge in [0.15, 0.2) is 0 Å². The minimum absolute atomic E-state index is 0.0800. The summed E-state index contributed by atoms with van der Waals surface area (Å²) in [5.41, 5.74) is 6.68. The molecule has 1 aliphatic rings. The number of ether oxygens (including phenoxy) is 1. The number of nitrogens with two attached hydrogens (primary N) is 1. The fourth-order valence-electron chi connectivity index (χ4n) is 1.99. The van der Waals surface area contributed by atoms with Crippen molar-refractivity contribution in [1.29, 1.82) is 0 Å². The Balaban J connectivity index is 2.30. The zero-order valence-electron chi connectivity index (χ0n) is 10.7. The molecule has 4 nitrogen and oxygen atoms in total. The molecule has 0 saturated heterocycles. The molecule has 0 saturated carbocycles. The molecule has 98 valence electrons. The van der Waals surface area contributed by atoms with E-state index in [1.807, 2.05) is 0 Å². The number of allylic oxidation sites excluding steroid dienone is 1. The van der Waals surface area contributed by atoms with Crippen LogP contribution in [0.25, 0.3) is 0 Å². The van der Waals surface area contributed by atoms with Gasteiger partial charge in [0.05, 0.1) is 6.10 Å². The summed E-state index contributed by atoms with van der Waals surface area (Å²) in [6.07, 6.45) is 8.13. The number of carbonyl (C=O) groups excluding carboxylic acids is 1.